The molecule has 0 fully saturated rings. The van der Waals surface area contributed by atoms with Gasteiger partial charge in [-0.15, -0.1) is 0 Å². The van der Waals surface area contributed by atoms with Crippen LogP contribution in [0.5, 0.6) is 0 Å². The van der Waals surface area contributed by atoms with Gasteiger partial charge in [0.15, 0.2) is 5.03 Å². The third kappa shape index (κ3) is 2.77. The van der Waals surface area contributed by atoms with Crippen LogP contribution in [0.1, 0.15) is 19.2 Å². The predicted molar refractivity (Wildman–Crippen MR) is 79.0 cm³/mol. The zero-order valence-electron chi connectivity index (χ0n) is 11.5. The van der Waals surface area contributed by atoms with Crippen molar-refractivity contribution in [1.82, 2.24) is 9.97 Å². The van der Waals surface area contributed by atoms with E-state index in [1.807, 2.05) is 6.92 Å². The molecule has 1 aromatic heterocycles. The van der Waals surface area contributed by atoms with E-state index in [1.165, 1.54) is 10.5 Å². The molecule has 0 bridgehead atoms. The van der Waals surface area contributed by atoms with Gasteiger partial charge in [-0.25, -0.2) is 4.98 Å². The molecule has 0 radical (unpaired) electrons. The number of hydrogen-bond donors (Lipinski definition) is 2. The lowest BCUT2D eigenvalue weighted by molar-refractivity contribution is 0.587. The van der Waals surface area contributed by atoms with Crippen molar-refractivity contribution in [2.75, 3.05) is 16.6 Å². The number of rotatable bonds is 5. The smallest absolute Gasteiger partial charge is 0.281 e. The maximum Gasteiger partial charge on any atom is 0.281 e. The molecule has 7 heteroatoms. The van der Waals surface area contributed by atoms with E-state index in [9.17, 15) is 8.42 Å². The molecule has 20 heavy (non-hydrogen) atoms. The molecule has 0 spiro atoms. The van der Waals surface area contributed by atoms with Gasteiger partial charge < -0.3 is 10.7 Å². The third-order valence-electron chi connectivity index (χ3n) is 2.86. The monoisotopic (exact) mass is 294 g/mol. The third-order valence-corrected chi connectivity index (χ3v) is 4.59. The van der Waals surface area contributed by atoms with Crippen molar-refractivity contribution in [3.05, 3.63) is 36.3 Å². The summed E-state index contributed by atoms with van der Waals surface area (Å²) in [6.07, 6.45) is 2.04. The molecule has 1 aromatic carbocycles. The number of hydrogen-bond acceptors (Lipinski definition) is 4. The number of aromatic nitrogens is 2. The van der Waals surface area contributed by atoms with Crippen LogP contribution in [0.4, 0.5) is 11.4 Å². The van der Waals surface area contributed by atoms with Crippen molar-refractivity contribution >= 4 is 21.4 Å². The minimum absolute atomic E-state index is 0.0975. The summed E-state index contributed by atoms with van der Waals surface area (Å²) < 4.78 is 26.6. The number of aryl methyl sites for hydroxylation is 1. The van der Waals surface area contributed by atoms with Crippen LogP contribution in [-0.2, 0) is 10.0 Å². The quantitative estimate of drug-likeness (QED) is 0.824. The summed E-state index contributed by atoms with van der Waals surface area (Å²) in [7, 11) is -3.63. The maximum atomic E-state index is 12.6. The molecule has 0 saturated carbocycles. The molecule has 0 saturated heterocycles. The number of nitrogen functional groups attached to an aromatic ring is 1. The number of sulfonamides is 1. The van der Waals surface area contributed by atoms with E-state index >= 15 is 0 Å². The van der Waals surface area contributed by atoms with Gasteiger partial charge in [0.1, 0.15) is 5.82 Å². The Hall–Kier alpha value is -2.02. The summed E-state index contributed by atoms with van der Waals surface area (Å²) in [5.74, 6) is 0.567. The number of anilines is 2. The maximum absolute atomic E-state index is 12.6. The molecule has 2 aromatic rings. The first-order valence-electron chi connectivity index (χ1n) is 6.35. The van der Waals surface area contributed by atoms with Gasteiger partial charge in [-0.1, -0.05) is 6.92 Å². The van der Waals surface area contributed by atoms with E-state index in [-0.39, 0.29) is 5.03 Å². The van der Waals surface area contributed by atoms with Gasteiger partial charge in [0.25, 0.3) is 10.0 Å². The topological polar surface area (TPSA) is 92.1 Å². The second-order valence-electron chi connectivity index (χ2n) is 4.50. The summed E-state index contributed by atoms with van der Waals surface area (Å²) in [6.45, 7) is 4.04. The second-order valence-corrected chi connectivity index (χ2v) is 6.33. The Morgan fingerprint density at radius 3 is 2.45 bits per heavy atom. The van der Waals surface area contributed by atoms with Crippen molar-refractivity contribution in [2.24, 2.45) is 0 Å². The zero-order chi connectivity index (χ0) is 14.8. The van der Waals surface area contributed by atoms with Gasteiger partial charge in [-0.05, 0) is 37.6 Å². The van der Waals surface area contributed by atoms with Gasteiger partial charge in [-0.3, -0.25) is 4.31 Å². The number of nitrogens with two attached hydrogens (primary N) is 1. The largest absolute Gasteiger partial charge is 0.399 e. The van der Waals surface area contributed by atoms with E-state index in [2.05, 4.69) is 9.97 Å². The number of H-pyrrole nitrogens is 1. The van der Waals surface area contributed by atoms with Gasteiger partial charge >= 0.3 is 0 Å². The highest BCUT2D eigenvalue weighted by atomic mass is 32.2. The Balaban J connectivity index is 2.44. The van der Waals surface area contributed by atoms with Gasteiger partial charge in [0.2, 0.25) is 0 Å². The number of benzene rings is 1. The molecule has 108 valence electrons. The van der Waals surface area contributed by atoms with E-state index in [0.29, 0.717) is 30.2 Å². The average molecular weight is 294 g/mol. The van der Waals surface area contributed by atoms with Crippen LogP contribution < -0.4 is 10.0 Å². The van der Waals surface area contributed by atoms with Crippen LogP contribution in [0.15, 0.2) is 35.5 Å². The molecule has 3 N–H and O–H groups in total. The minimum atomic E-state index is -3.63. The zero-order valence-corrected chi connectivity index (χ0v) is 12.3. The number of nitrogens with zero attached hydrogens (tertiary/aromatic N) is 2. The SMILES string of the molecule is CCCN(c1ccc(N)cc1)S(=O)(=O)c1cnc(C)[nH]1. The van der Waals surface area contributed by atoms with Crippen molar-refractivity contribution in [1.29, 1.82) is 0 Å². The fourth-order valence-corrected chi connectivity index (χ4v) is 3.40. The van der Waals surface area contributed by atoms with E-state index in [0.717, 1.165) is 0 Å². The summed E-state index contributed by atoms with van der Waals surface area (Å²) in [5, 5.41) is 0.0975. The van der Waals surface area contributed by atoms with Crippen molar-refractivity contribution < 1.29 is 8.42 Å². The summed E-state index contributed by atoms with van der Waals surface area (Å²) >= 11 is 0. The summed E-state index contributed by atoms with van der Waals surface area (Å²) in [4.78, 5) is 6.72. The summed E-state index contributed by atoms with van der Waals surface area (Å²) in [6, 6.07) is 6.77. The van der Waals surface area contributed by atoms with Crippen LogP contribution in [0.3, 0.4) is 0 Å². The average Bonchev–Trinajstić information content (AvgIpc) is 2.84. The number of nitrogens with one attached hydrogen (secondary N) is 1. The lowest BCUT2D eigenvalue weighted by Gasteiger charge is -2.23. The van der Waals surface area contributed by atoms with Crippen molar-refractivity contribution in [3.63, 3.8) is 0 Å². The molecule has 1 heterocycles. The lowest BCUT2D eigenvalue weighted by atomic mass is 10.3. The predicted octanol–water partition coefficient (Wildman–Crippen LogP) is 1.91. The Bertz CT molecular complexity index is 677. The minimum Gasteiger partial charge on any atom is -0.399 e. The van der Waals surface area contributed by atoms with E-state index in [1.54, 1.807) is 31.2 Å². The molecular formula is C13H18N4O2S. The summed E-state index contributed by atoms with van der Waals surface area (Å²) in [5.41, 5.74) is 6.83. The lowest BCUT2D eigenvalue weighted by Crippen LogP contribution is -2.32. The van der Waals surface area contributed by atoms with Crippen LogP contribution >= 0.6 is 0 Å². The fourth-order valence-electron chi connectivity index (χ4n) is 1.88. The van der Waals surface area contributed by atoms with E-state index < -0.39 is 10.0 Å². The van der Waals surface area contributed by atoms with Gasteiger partial charge in [0.05, 0.1) is 11.9 Å². The molecule has 0 atom stereocenters. The molecule has 0 amide bonds. The van der Waals surface area contributed by atoms with Gasteiger partial charge in [-0.2, -0.15) is 8.42 Å². The first-order valence-corrected chi connectivity index (χ1v) is 7.79. The van der Waals surface area contributed by atoms with E-state index in [4.69, 9.17) is 5.73 Å². The molecule has 0 unspecified atom stereocenters. The van der Waals surface area contributed by atoms with Crippen LogP contribution in [0, 0.1) is 6.92 Å². The Morgan fingerprint density at radius 1 is 1.30 bits per heavy atom. The highest BCUT2D eigenvalue weighted by Crippen LogP contribution is 2.23. The molecule has 2 rings (SSSR count). The van der Waals surface area contributed by atoms with Gasteiger partial charge in [0, 0.05) is 12.2 Å². The molecule has 0 aliphatic carbocycles. The standard InChI is InChI=1S/C13H18N4O2S/c1-3-8-17(12-6-4-11(14)5-7-12)20(18,19)13-9-15-10(2)16-13/h4-7,9H,3,8,14H2,1-2H3,(H,15,16). The van der Waals surface area contributed by atoms with Crippen molar-refractivity contribution in [3.8, 4) is 0 Å². The van der Waals surface area contributed by atoms with Crippen LogP contribution in [0.25, 0.3) is 0 Å². The number of imidazole rings is 1. The Labute approximate surface area is 118 Å². The molecule has 6 nitrogen and oxygen atoms in total. The van der Waals surface area contributed by atoms with Crippen LogP contribution in [-0.4, -0.2) is 24.9 Å². The molecule has 0 aliphatic rings. The Kier molecular flexibility index (Phi) is 3.99. The highest BCUT2D eigenvalue weighted by Gasteiger charge is 2.25. The molecular weight excluding hydrogens is 276 g/mol. The first-order chi connectivity index (χ1) is 9.45. The molecule has 0 aliphatic heterocycles. The fraction of sp³-hybridized carbons (Fsp3) is 0.308. The first kappa shape index (κ1) is 14.4. The van der Waals surface area contributed by atoms with Crippen LogP contribution in [0.2, 0.25) is 0 Å². The second kappa shape index (κ2) is 5.54. The highest BCUT2D eigenvalue weighted by molar-refractivity contribution is 7.92. The normalized spacial score (nSPS) is 11.5. The Morgan fingerprint density at radius 2 is 1.95 bits per heavy atom. The van der Waals surface area contributed by atoms with Crippen molar-refractivity contribution in [2.45, 2.75) is 25.3 Å². The number of aromatic amines is 1.